The summed E-state index contributed by atoms with van der Waals surface area (Å²) >= 11 is 13.0. The Balaban J connectivity index is 1.95. The van der Waals surface area contributed by atoms with E-state index in [4.69, 9.17) is 33.3 Å². The van der Waals surface area contributed by atoms with E-state index < -0.39 is 5.97 Å². The fourth-order valence-corrected chi connectivity index (χ4v) is 4.54. The minimum absolute atomic E-state index is 0.282. The highest BCUT2D eigenvalue weighted by Crippen LogP contribution is 2.40. The summed E-state index contributed by atoms with van der Waals surface area (Å²) in [5, 5.41) is 7.69. The molecule has 0 aliphatic rings. The van der Waals surface area contributed by atoms with Crippen molar-refractivity contribution in [1.29, 1.82) is 0 Å². The van der Waals surface area contributed by atoms with Crippen molar-refractivity contribution in [2.75, 3.05) is 24.4 Å². The van der Waals surface area contributed by atoms with E-state index in [1.165, 1.54) is 11.3 Å². The standard InChI is InChI=1S/C22H21ClN2O3S2/c1-4-28-21(26)19-18(14-8-6-5-7-9-14)13(2)30-20(19)25-22(29)24-16-12-15(23)10-11-17(16)27-3/h5-12H,4H2,1-3H3,(H2,24,25,29). The van der Waals surface area contributed by atoms with E-state index in [0.29, 0.717) is 32.1 Å². The zero-order valence-electron chi connectivity index (χ0n) is 16.7. The quantitative estimate of drug-likeness (QED) is 0.329. The Morgan fingerprint density at radius 3 is 2.57 bits per heavy atom. The molecule has 3 rings (SSSR count). The molecule has 3 aromatic rings. The molecule has 0 unspecified atom stereocenters. The van der Waals surface area contributed by atoms with E-state index in [1.54, 1.807) is 32.2 Å². The van der Waals surface area contributed by atoms with Crippen LogP contribution < -0.4 is 15.4 Å². The van der Waals surface area contributed by atoms with Crippen LogP contribution in [0.1, 0.15) is 22.2 Å². The van der Waals surface area contributed by atoms with Crippen LogP contribution >= 0.6 is 35.2 Å². The molecule has 1 aromatic heterocycles. The number of methoxy groups -OCH3 is 1. The van der Waals surface area contributed by atoms with Gasteiger partial charge in [0.25, 0.3) is 0 Å². The van der Waals surface area contributed by atoms with Crippen LogP contribution in [0.15, 0.2) is 48.5 Å². The summed E-state index contributed by atoms with van der Waals surface area (Å²) in [6.07, 6.45) is 0. The minimum atomic E-state index is -0.397. The second kappa shape index (κ2) is 9.93. The lowest BCUT2D eigenvalue weighted by molar-refractivity contribution is 0.0529. The number of rotatable bonds is 6. The number of carbonyl (C=O) groups is 1. The molecule has 0 atom stereocenters. The maximum absolute atomic E-state index is 12.8. The van der Waals surface area contributed by atoms with Crippen LogP contribution in [0.2, 0.25) is 5.02 Å². The number of nitrogens with one attached hydrogen (secondary N) is 2. The first-order valence-corrected chi connectivity index (χ1v) is 10.8. The smallest absolute Gasteiger partial charge is 0.341 e. The first kappa shape index (κ1) is 22.1. The molecule has 0 aliphatic heterocycles. The van der Waals surface area contributed by atoms with Crippen molar-refractivity contribution < 1.29 is 14.3 Å². The van der Waals surface area contributed by atoms with Crippen LogP contribution in [0.5, 0.6) is 5.75 Å². The molecular weight excluding hydrogens is 440 g/mol. The van der Waals surface area contributed by atoms with Crippen molar-refractivity contribution in [2.45, 2.75) is 13.8 Å². The van der Waals surface area contributed by atoms with Gasteiger partial charge in [0.1, 0.15) is 16.3 Å². The second-order valence-corrected chi connectivity index (χ2v) is 8.32. The molecule has 8 heteroatoms. The van der Waals surface area contributed by atoms with E-state index in [9.17, 15) is 4.79 Å². The maximum Gasteiger partial charge on any atom is 0.341 e. The number of anilines is 2. The molecule has 0 spiro atoms. The number of hydrogen-bond acceptors (Lipinski definition) is 5. The molecule has 0 aliphatic carbocycles. The van der Waals surface area contributed by atoms with E-state index in [1.807, 2.05) is 37.3 Å². The van der Waals surface area contributed by atoms with Crippen molar-refractivity contribution in [3.8, 4) is 16.9 Å². The van der Waals surface area contributed by atoms with Gasteiger partial charge >= 0.3 is 5.97 Å². The Kier molecular flexibility index (Phi) is 7.31. The van der Waals surface area contributed by atoms with Gasteiger partial charge in [0, 0.05) is 15.5 Å². The molecular formula is C22H21ClN2O3S2. The number of halogens is 1. The Labute approximate surface area is 190 Å². The maximum atomic E-state index is 12.8. The SMILES string of the molecule is CCOC(=O)c1c(NC(=S)Nc2cc(Cl)ccc2OC)sc(C)c1-c1ccccc1. The third-order valence-electron chi connectivity index (χ3n) is 4.26. The minimum Gasteiger partial charge on any atom is -0.495 e. The summed E-state index contributed by atoms with van der Waals surface area (Å²) in [7, 11) is 1.57. The summed E-state index contributed by atoms with van der Waals surface area (Å²) in [6.45, 7) is 4.03. The number of benzene rings is 2. The molecule has 1 heterocycles. The van der Waals surface area contributed by atoms with Crippen molar-refractivity contribution >= 4 is 56.9 Å². The fourth-order valence-electron chi connectivity index (χ4n) is 3.02. The zero-order valence-corrected chi connectivity index (χ0v) is 19.1. The molecule has 0 fully saturated rings. The average molecular weight is 461 g/mol. The van der Waals surface area contributed by atoms with Gasteiger partial charge in [-0.1, -0.05) is 41.9 Å². The van der Waals surface area contributed by atoms with Crippen LogP contribution in [0, 0.1) is 6.92 Å². The average Bonchev–Trinajstić information content (AvgIpc) is 3.04. The third kappa shape index (κ3) is 4.92. The van der Waals surface area contributed by atoms with Gasteiger partial charge in [-0.15, -0.1) is 11.3 Å². The first-order chi connectivity index (χ1) is 14.4. The number of ether oxygens (including phenoxy) is 2. The largest absolute Gasteiger partial charge is 0.495 e. The number of thiophene rings is 1. The highest BCUT2D eigenvalue weighted by molar-refractivity contribution is 7.80. The number of thiocarbonyl (C=S) groups is 1. The zero-order chi connectivity index (χ0) is 21.7. The topological polar surface area (TPSA) is 59.6 Å². The predicted molar refractivity (Wildman–Crippen MR) is 128 cm³/mol. The summed E-state index contributed by atoms with van der Waals surface area (Å²) in [5.41, 5.74) is 2.87. The van der Waals surface area contributed by atoms with Gasteiger partial charge in [0.15, 0.2) is 5.11 Å². The van der Waals surface area contributed by atoms with Crippen molar-refractivity contribution in [3.63, 3.8) is 0 Å². The van der Waals surface area contributed by atoms with E-state index in [-0.39, 0.29) is 6.61 Å². The molecule has 0 saturated carbocycles. The number of aryl methyl sites for hydroxylation is 1. The third-order valence-corrected chi connectivity index (χ3v) is 5.72. The van der Waals surface area contributed by atoms with E-state index in [2.05, 4.69) is 10.6 Å². The van der Waals surface area contributed by atoms with Crippen LogP contribution in [0.25, 0.3) is 11.1 Å². The van der Waals surface area contributed by atoms with Gasteiger partial charge in [0.05, 0.1) is 19.4 Å². The van der Waals surface area contributed by atoms with Gasteiger partial charge in [-0.2, -0.15) is 0 Å². The van der Waals surface area contributed by atoms with Crippen LogP contribution in [0.3, 0.4) is 0 Å². The summed E-state index contributed by atoms with van der Waals surface area (Å²) < 4.78 is 10.7. The fraction of sp³-hybridized carbons (Fsp3) is 0.182. The predicted octanol–water partition coefficient (Wildman–Crippen LogP) is 6.37. The molecule has 2 N–H and O–H groups in total. The molecule has 0 amide bonds. The summed E-state index contributed by atoms with van der Waals surface area (Å²) in [6, 6.07) is 14.9. The number of hydrogen-bond donors (Lipinski definition) is 2. The van der Waals surface area contributed by atoms with Gasteiger partial charge < -0.3 is 20.1 Å². The molecule has 0 saturated heterocycles. The molecule has 156 valence electrons. The first-order valence-electron chi connectivity index (χ1n) is 9.22. The Morgan fingerprint density at radius 2 is 1.90 bits per heavy atom. The highest BCUT2D eigenvalue weighted by atomic mass is 35.5. The van der Waals surface area contributed by atoms with Gasteiger partial charge in [-0.3, -0.25) is 0 Å². The van der Waals surface area contributed by atoms with Crippen molar-refractivity contribution in [2.24, 2.45) is 0 Å². The van der Waals surface area contributed by atoms with Crippen molar-refractivity contribution in [1.82, 2.24) is 0 Å². The molecule has 0 radical (unpaired) electrons. The lowest BCUT2D eigenvalue weighted by Gasteiger charge is -2.14. The molecule has 5 nitrogen and oxygen atoms in total. The lowest BCUT2D eigenvalue weighted by atomic mass is 10.0. The highest BCUT2D eigenvalue weighted by Gasteiger charge is 2.25. The van der Waals surface area contributed by atoms with E-state index in [0.717, 1.165) is 16.0 Å². The summed E-state index contributed by atoms with van der Waals surface area (Å²) in [5.74, 6) is 0.202. The molecule has 30 heavy (non-hydrogen) atoms. The molecule has 2 aromatic carbocycles. The van der Waals surface area contributed by atoms with Crippen molar-refractivity contribution in [3.05, 3.63) is 64.0 Å². The van der Waals surface area contributed by atoms with Gasteiger partial charge in [-0.05, 0) is 49.8 Å². The Bertz CT molecular complexity index is 1070. The molecule has 0 bridgehead atoms. The van der Waals surface area contributed by atoms with E-state index >= 15 is 0 Å². The van der Waals surface area contributed by atoms with Crippen LogP contribution in [-0.2, 0) is 4.74 Å². The number of carbonyl (C=O) groups excluding carboxylic acids is 1. The normalized spacial score (nSPS) is 10.4. The lowest BCUT2D eigenvalue weighted by Crippen LogP contribution is -2.20. The van der Waals surface area contributed by atoms with Gasteiger partial charge in [0.2, 0.25) is 0 Å². The monoisotopic (exact) mass is 460 g/mol. The Morgan fingerprint density at radius 1 is 1.17 bits per heavy atom. The van der Waals surface area contributed by atoms with Crippen LogP contribution in [0.4, 0.5) is 10.7 Å². The number of esters is 1. The summed E-state index contributed by atoms with van der Waals surface area (Å²) in [4.78, 5) is 13.8. The Hall–Kier alpha value is -2.61. The second-order valence-electron chi connectivity index (χ2n) is 6.25. The van der Waals surface area contributed by atoms with Crippen LogP contribution in [-0.4, -0.2) is 24.8 Å². The van der Waals surface area contributed by atoms with Gasteiger partial charge in [-0.25, -0.2) is 4.79 Å².